The Morgan fingerprint density at radius 3 is 2.32 bits per heavy atom. The van der Waals surface area contributed by atoms with Gasteiger partial charge in [0.05, 0.1) is 5.41 Å². The average Bonchev–Trinajstić information content (AvgIpc) is 3.18. The molecule has 0 aromatic heterocycles. The summed E-state index contributed by atoms with van der Waals surface area (Å²) in [6.45, 7) is 3.97. The predicted octanol–water partition coefficient (Wildman–Crippen LogP) is 1.98. The SMILES string of the molecule is CC1(NC(=O)C2(c3ccccc3)CCNCC2)CC1. The van der Waals surface area contributed by atoms with Crippen LogP contribution in [0, 0.1) is 0 Å². The molecule has 2 aliphatic rings. The topological polar surface area (TPSA) is 41.1 Å². The molecule has 2 N–H and O–H groups in total. The van der Waals surface area contributed by atoms with Crippen LogP contribution in [0.1, 0.15) is 38.2 Å². The van der Waals surface area contributed by atoms with E-state index in [2.05, 4.69) is 29.7 Å². The average molecular weight is 258 g/mol. The van der Waals surface area contributed by atoms with Gasteiger partial charge in [-0.15, -0.1) is 0 Å². The maximum Gasteiger partial charge on any atom is 0.231 e. The number of carbonyl (C=O) groups is 1. The third kappa shape index (κ3) is 2.39. The molecule has 1 heterocycles. The van der Waals surface area contributed by atoms with Crippen molar-refractivity contribution in [2.45, 2.75) is 43.6 Å². The summed E-state index contributed by atoms with van der Waals surface area (Å²) in [7, 11) is 0. The molecule has 2 fully saturated rings. The molecule has 0 bridgehead atoms. The summed E-state index contributed by atoms with van der Waals surface area (Å²) in [6.07, 6.45) is 4.00. The molecule has 1 aromatic rings. The van der Waals surface area contributed by atoms with Crippen LogP contribution in [0.3, 0.4) is 0 Å². The fourth-order valence-corrected chi connectivity index (χ4v) is 2.96. The molecule has 1 amide bonds. The van der Waals surface area contributed by atoms with Gasteiger partial charge in [0.2, 0.25) is 5.91 Å². The third-order valence-electron chi connectivity index (χ3n) is 4.63. The quantitative estimate of drug-likeness (QED) is 0.870. The van der Waals surface area contributed by atoms with Gasteiger partial charge in [-0.2, -0.15) is 0 Å². The lowest BCUT2D eigenvalue weighted by atomic mass is 9.72. The molecule has 3 nitrogen and oxygen atoms in total. The molecular weight excluding hydrogens is 236 g/mol. The zero-order chi connectivity index (χ0) is 13.3. The molecular formula is C16H22N2O. The van der Waals surface area contributed by atoms with E-state index < -0.39 is 0 Å². The van der Waals surface area contributed by atoms with Gasteiger partial charge in [0, 0.05) is 5.54 Å². The van der Waals surface area contributed by atoms with Crippen LogP contribution in [0.15, 0.2) is 30.3 Å². The van der Waals surface area contributed by atoms with Crippen LogP contribution in [0.4, 0.5) is 0 Å². The van der Waals surface area contributed by atoms with Crippen molar-refractivity contribution in [3.63, 3.8) is 0 Å². The Hall–Kier alpha value is -1.35. The molecule has 1 saturated heterocycles. The number of nitrogens with one attached hydrogen (secondary N) is 2. The van der Waals surface area contributed by atoms with Crippen LogP contribution >= 0.6 is 0 Å². The van der Waals surface area contributed by atoms with Gasteiger partial charge in [-0.1, -0.05) is 30.3 Å². The van der Waals surface area contributed by atoms with Gasteiger partial charge in [-0.05, 0) is 51.3 Å². The minimum Gasteiger partial charge on any atom is -0.350 e. The monoisotopic (exact) mass is 258 g/mol. The molecule has 0 atom stereocenters. The van der Waals surface area contributed by atoms with Crippen molar-refractivity contribution in [3.05, 3.63) is 35.9 Å². The fraction of sp³-hybridized carbons (Fsp3) is 0.562. The van der Waals surface area contributed by atoms with E-state index in [0.717, 1.165) is 38.8 Å². The molecule has 1 aromatic carbocycles. The molecule has 19 heavy (non-hydrogen) atoms. The number of hydrogen-bond acceptors (Lipinski definition) is 2. The highest BCUT2D eigenvalue weighted by molar-refractivity contribution is 5.89. The van der Waals surface area contributed by atoms with E-state index in [9.17, 15) is 4.79 Å². The second-order valence-corrected chi connectivity index (χ2v) is 6.21. The summed E-state index contributed by atoms with van der Waals surface area (Å²) in [5.74, 6) is 0.222. The number of amides is 1. The first kappa shape index (κ1) is 12.7. The Labute approximate surface area is 114 Å². The van der Waals surface area contributed by atoms with E-state index in [1.165, 1.54) is 5.56 Å². The zero-order valence-electron chi connectivity index (χ0n) is 11.5. The van der Waals surface area contributed by atoms with Crippen LogP contribution in [-0.2, 0) is 10.2 Å². The van der Waals surface area contributed by atoms with Gasteiger partial charge in [0.15, 0.2) is 0 Å². The number of rotatable bonds is 3. The normalized spacial score (nSPS) is 23.6. The first-order chi connectivity index (χ1) is 9.15. The maximum absolute atomic E-state index is 12.8. The minimum atomic E-state index is -0.335. The van der Waals surface area contributed by atoms with Crippen LogP contribution in [-0.4, -0.2) is 24.5 Å². The Bertz CT molecular complexity index is 459. The molecule has 102 valence electrons. The van der Waals surface area contributed by atoms with E-state index in [1.54, 1.807) is 0 Å². The Kier molecular flexibility index (Phi) is 3.09. The first-order valence-corrected chi connectivity index (χ1v) is 7.24. The van der Waals surface area contributed by atoms with Crippen molar-refractivity contribution in [1.29, 1.82) is 0 Å². The zero-order valence-corrected chi connectivity index (χ0v) is 11.5. The summed E-state index contributed by atoms with van der Waals surface area (Å²) in [6, 6.07) is 10.3. The summed E-state index contributed by atoms with van der Waals surface area (Å²) in [5, 5.41) is 6.64. The molecule has 3 rings (SSSR count). The van der Waals surface area contributed by atoms with Gasteiger partial charge in [0.1, 0.15) is 0 Å². The van der Waals surface area contributed by atoms with E-state index in [-0.39, 0.29) is 16.9 Å². The summed E-state index contributed by atoms with van der Waals surface area (Å²) < 4.78 is 0. The largest absolute Gasteiger partial charge is 0.350 e. The van der Waals surface area contributed by atoms with Crippen molar-refractivity contribution >= 4 is 5.91 Å². The van der Waals surface area contributed by atoms with Crippen molar-refractivity contribution in [2.75, 3.05) is 13.1 Å². The second kappa shape index (κ2) is 4.64. The van der Waals surface area contributed by atoms with Gasteiger partial charge >= 0.3 is 0 Å². The lowest BCUT2D eigenvalue weighted by Crippen LogP contribution is -2.53. The van der Waals surface area contributed by atoms with Crippen LogP contribution < -0.4 is 10.6 Å². The molecule has 0 radical (unpaired) electrons. The van der Waals surface area contributed by atoms with Crippen LogP contribution in [0.5, 0.6) is 0 Å². The molecule has 1 saturated carbocycles. The molecule has 0 spiro atoms. The molecule has 0 unspecified atom stereocenters. The Morgan fingerprint density at radius 1 is 1.11 bits per heavy atom. The third-order valence-corrected chi connectivity index (χ3v) is 4.63. The van der Waals surface area contributed by atoms with E-state index >= 15 is 0 Å². The summed E-state index contributed by atoms with van der Waals surface area (Å²) >= 11 is 0. The minimum absolute atomic E-state index is 0.0593. The number of hydrogen-bond donors (Lipinski definition) is 2. The van der Waals surface area contributed by atoms with Crippen molar-refractivity contribution < 1.29 is 4.79 Å². The van der Waals surface area contributed by atoms with Gasteiger partial charge in [-0.3, -0.25) is 4.79 Å². The Balaban J connectivity index is 1.90. The Morgan fingerprint density at radius 2 is 1.74 bits per heavy atom. The van der Waals surface area contributed by atoms with Crippen LogP contribution in [0.2, 0.25) is 0 Å². The molecule has 3 heteroatoms. The van der Waals surface area contributed by atoms with E-state index in [1.807, 2.05) is 18.2 Å². The van der Waals surface area contributed by atoms with Crippen molar-refractivity contribution in [2.24, 2.45) is 0 Å². The summed E-state index contributed by atoms with van der Waals surface area (Å²) in [4.78, 5) is 12.8. The van der Waals surface area contributed by atoms with Crippen molar-refractivity contribution in [3.8, 4) is 0 Å². The second-order valence-electron chi connectivity index (χ2n) is 6.21. The van der Waals surface area contributed by atoms with Gasteiger partial charge in [0.25, 0.3) is 0 Å². The molecule has 1 aliphatic carbocycles. The standard InChI is InChI=1S/C16H22N2O/c1-15(7-8-15)18-14(19)16(9-11-17-12-10-16)13-5-3-2-4-6-13/h2-6,17H,7-12H2,1H3,(H,18,19). The maximum atomic E-state index is 12.8. The first-order valence-electron chi connectivity index (χ1n) is 7.24. The van der Waals surface area contributed by atoms with E-state index in [0.29, 0.717) is 0 Å². The van der Waals surface area contributed by atoms with Gasteiger partial charge in [-0.25, -0.2) is 0 Å². The highest BCUT2D eigenvalue weighted by Gasteiger charge is 2.46. The van der Waals surface area contributed by atoms with E-state index in [4.69, 9.17) is 0 Å². The number of carbonyl (C=O) groups excluding carboxylic acids is 1. The number of piperidine rings is 1. The lowest BCUT2D eigenvalue weighted by molar-refractivity contribution is -0.128. The van der Waals surface area contributed by atoms with Crippen molar-refractivity contribution in [1.82, 2.24) is 10.6 Å². The smallest absolute Gasteiger partial charge is 0.231 e. The van der Waals surface area contributed by atoms with Gasteiger partial charge < -0.3 is 10.6 Å². The highest BCUT2D eigenvalue weighted by atomic mass is 16.2. The van der Waals surface area contributed by atoms with Crippen LogP contribution in [0.25, 0.3) is 0 Å². The highest BCUT2D eigenvalue weighted by Crippen LogP contribution is 2.39. The fourth-order valence-electron chi connectivity index (χ4n) is 2.96. The summed E-state index contributed by atoms with van der Waals surface area (Å²) in [5.41, 5.74) is 0.889. The lowest BCUT2D eigenvalue weighted by Gasteiger charge is -2.37. The predicted molar refractivity (Wildman–Crippen MR) is 76.0 cm³/mol. The molecule has 1 aliphatic heterocycles. The number of benzene rings is 1.